The Hall–Kier alpha value is -3.32. The second-order valence-corrected chi connectivity index (χ2v) is 8.85. The van der Waals surface area contributed by atoms with E-state index >= 15 is 0 Å². The number of hydrogen-bond acceptors (Lipinski definition) is 4. The molecule has 0 saturated heterocycles. The molecule has 8 heteroatoms. The number of aromatic hydroxyl groups is 1. The summed E-state index contributed by atoms with van der Waals surface area (Å²) in [6.07, 6.45) is 5.16. The number of halogens is 1. The second kappa shape index (κ2) is 8.31. The van der Waals surface area contributed by atoms with Crippen molar-refractivity contribution in [2.45, 2.75) is 44.1 Å². The second-order valence-electron chi connectivity index (χ2n) is 8.41. The predicted octanol–water partition coefficient (Wildman–Crippen LogP) is 5.15. The average molecular weight is 451 g/mol. The van der Waals surface area contributed by atoms with Crippen molar-refractivity contribution in [3.8, 4) is 17.0 Å². The fraction of sp³-hybridized carbons (Fsp3) is 0.292. The van der Waals surface area contributed by atoms with E-state index in [0.29, 0.717) is 27.5 Å². The van der Waals surface area contributed by atoms with Gasteiger partial charge in [-0.2, -0.15) is 9.78 Å². The van der Waals surface area contributed by atoms with Crippen LogP contribution in [0.5, 0.6) is 5.75 Å². The standard InChI is InChI=1S/C24H23ClN4O3/c25-16-6-4-15(5-7-16)23(31)26-18-10-11-22(30)19(12-18)20-13-21(14-2-1-3-14)29(28-20)24(32)27-17-8-9-17/h4-7,10-14,17,30H,1-3,8-9H2,(H,26,31)(H,27,32). The van der Waals surface area contributed by atoms with Crippen molar-refractivity contribution in [2.24, 2.45) is 0 Å². The number of amides is 2. The summed E-state index contributed by atoms with van der Waals surface area (Å²) >= 11 is 5.89. The van der Waals surface area contributed by atoms with Crippen LogP contribution >= 0.6 is 11.6 Å². The van der Waals surface area contributed by atoms with Crippen molar-refractivity contribution in [2.75, 3.05) is 5.32 Å². The summed E-state index contributed by atoms with van der Waals surface area (Å²) in [5.41, 5.74) is 2.80. The maximum Gasteiger partial charge on any atom is 0.342 e. The molecule has 2 saturated carbocycles. The van der Waals surface area contributed by atoms with E-state index in [1.54, 1.807) is 36.4 Å². The van der Waals surface area contributed by atoms with Gasteiger partial charge < -0.3 is 15.7 Å². The van der Waals surface area contributed by atoms with Crippen LogP contribution in [0.3, 0.4) is 0 Å². The fourth-order valence-corrected chi connectivity index (χ4v) is 3.90. The van der Waals surface area contributed by atoms with Crippen LogP contribution < -0.4 is 10.6 Å². The lowest BCUT2D eigenvalue weighted by Crippen LogP contribution is -2.33. The van der Waals surface area contributed by atoms with Crippen LogP contribution in [-0.2, 0) is 0 Å². The molecule has 0 unspecified atom stereocenters. The molecule has 2 aliphatic rings. The third-order valence-electron chi connectivity index (χ3n) is 5.99. The van der Waals surface area contributed by atoms with Gasteiger partial charge in [-0.25, -0.2) is 4.79 Å². The molecule has 3 aromatic rings. The van der Waals surface area contributed by atoms with Crippen LogP contribution in [0.1, 0.15) is 54.1 Å². The fourth-order valence-electron chi connectivity index (χ4n) is 3.77. The van der Waals surface area contributed by atoms with Gasteiger partial charge in [0, 0.05) is 33.8 Å². The molecule has 3 N–H and O–H groups in total. The van der Waals surface area contributed by atoms with Gasteiger partial charge in [0.25, 0.3) is 5.91 Å². The Balaban J connectivity index is 1.43. The van der Waals surface area contributed by atoms with E-state index in [1.807, 2.05) is 6.07 Å². The van der Waals surface area contributed by atoms with E-state index in [4.69, 9.17) is 11.6 Å². The van der Waals surface area contributed by atoms with Crippen molar-refractivity contribution in [1.29, 1.82) is 0 Å². The van der Waals surface area contributed by atoms with Gasteiger partial charge in [-0.05, 0) is 74.2 Å². The number of carbonyl (C=O) groups excluding carboxylic acids is 2. The van der Waals surface area contributed by atoms with Crippen LogP contribution in [0, 0.1) is 0 Å². The molecule has 2 amide bonds. The quantitative estimate of drug-likeness (QED) is 0.468. The van der Waals surface area contributed by atoms with Crippen LogP contribution in [0.4, 0.5) is 10.5 Å². The number of hydrogen-bond donors (Lipinski definition) is 3. The van der Waals surface area contributed by atoms with Gasteiger partial charge in [0.1, 0.15) is 5.75 Å². The normalized spacial score (nSPS) is 15.8. The molecular weight excluding hydrogens is 428 g/mol. The number of aromatic nitrogens is 2. The van der Waals surface area contributed by atoms with Gasteiger partial charge in [0.2, 0.25) is 0 Å². The first-order chi connectivity index (χ1) is 15.5. The molecule has 0 spiro atoms. The maximum atomic E-state index is 12.7. The topological polar surface area (TPSA) is 96.2 Å². The first-order valence-electron chi connectivity index (χ1n) is 10.8. The van der Waals surface area contributed by atoms with Crippen molar-refractivity contribution < 1.29 is 14.7 Å². The Morgan fingerprint density at radius 2 is 1.78 bits per heavy atom. The zero-order valence-electron chi connectivity index (χ0n) is 17.3. The Morgan fingerprint density at radius 1 is 1.03 bits per heavy atom. The van der Waals surface area contributed by atoms with Gasteiger partial charge in [-0.1, -0.05) is 18.0 Å². The number of nitrogens with zero attached hydrogens (tertiary/aromatic N) is 2. The molecule has 164 valence electrons. The van der Waals surface area contributed by atoms with E-state index in [0.717, 1.165) is 37.8 Å². The summed E-state index contributed by atoms with van der Waals surface area (Å²) in [5.74, 6) is 0.0286. The molecule has 0 aliphatic heterocycles. The van der Waals surface area contributed by atoms with E-state index < -0.39 is 0 Å². The van der Waals surface area contributed by atoms with Gasteiger partial charge in [0.05, 0.1) is 11.4 Å². The first-order valence-corrected chi connectivity index (χ1v) is 11.2. The average Bonchev–Trinajstić information content (AvgIpc) is 3.45. The largest absolute Gasteiger partial charge is 0.507 e. The Bertz CT molecular complexity index is 1180. The summed E-state index contributed by atoms with van der Waals surface area (Å²) in [6, 6.07) is 13.3. The smallest absolute Gasteiger partial charge is 0.342 e. The molecule has 32 heavy (non-hydrogen) atoms. The number of nitrogens with one attached hydrogen (secondary N) is 2. The van der Waals surface area contributed by atoms with E-state index in [9.17, 15) is 14.7 Å². The SMILES string of the molecule is O=C(Nc1ccc(O)c(-c2cc(C3CCC3)n(C(=O)NC3CC3)n2)c1)c1ccc(Cl)cc1. The zero-order valence-corrected chi connectivity index (χ0v) is 18.1. The number of rotatable bonds is 5. The molecule has 1 aromatic heterocycles. The first kappa shape index (κ1) is 20.6. The van der Waals surface area contributed by atoms with E-state index in [1.165, 1.54) is 10.7 Å². The Morgan fingerprint density at radius 3 is 2.44 bits per heavy atom. The molecular formula is C24H23ClN4O3. The summed E-state index contributed by atoms with van der Waals surface area (Å²) in [6.45, 7) is 0. The highest BCUT2D eigenvalue weighted by atomic mass is 35.5. The van der Waals surface area contributed by atoms with Crippen LogP contribution in [0.15, 0.2) is 48.5 Å². The van der Waals surface area contributed by atoms with Crippen molar-refractivity contribution in [3.05, 3.63) is 64.8 Å². The third kappa shape index (κ3) is 4.21. The minimum atomic E-state index is -0.289. The monoisotopic (exact) mass is 450 g/mol. The molecule has 7 nitrogen and oxygen atoms in total. The van der Waals surface area contributed by atoms with E-state index in [-0.39, 0.29) is 29.6 Å². The number of anilines is 1. The number of benzene rings is 2. The number of phenols is 1. The zero-order chi connectivity index (χ0) is 22.2. The molecule has 5 rings (SSSR count). The summed E-state index contributed by atoms with van der Waals surface area (Å²) < 4.78 is 1.44. The highest BCUT2D eigenvalue weighted by Crippen LogP contribution is 2.39. The summed E-state index contributed by atoms with van der Waals surface area (Å²) in [5, 5.41) is 21.4. The highest BCUT2D eigenvalue weighted by Gasteiger charge is 2.30. The summed E-state index contributed by atoms with van der Waals surface area (Å²) in [7, 11) is 0. The van der Waals surface area contributed by atoms with Gasteiger partial charge in [-0.15, -0.1) is 0 Å². The van der Waals surface area contributed by atoms with Crippen molar-refractivity contribution in [3.63, 3.8) is 0 Å². The highest BCUT2D eigenvalue weighted by molar-refractivity contribution is 6.30. The number of carbonyl (C=O) groups is 2. The van der Waals surface area contributed by atoms with Crippen LogP contribution in [0.2, 0.25) is 5.02 Å². The summed E-state index contributed by atoms with van der Waals surface area (Å²) in [4.78, 5) is 25.3. The Kier molecular flexibility index (Phi) is 5.35. The number of phenolic OH excluding ortho intramolecular Hbond substituents is 1. The van der Waals surface area contributed by atoms with Gasteiger partial charge >= 0.3 is 6.03 Å². The lowest BCUT2D eigenvalue weighted by Gasteiger charge is -2.25. The molecule has 2 aliphatic carbocycles. The molecule has 1 heterocycles. The predicted molar refractivity (Wildman–Crippen MR) is 122 cm³/mol. The maximum absolute atomic E-state index is 12.7. The lowest BCUT2D eigenvalue weighted by atomic mass is 9.82. The van der Waals surface area contributed by atoms with Gasteiger partial charge in [-0.3, -0.25) is 4.79 Å². The molecule has 0 bridgehead atoms. The molecule has 0 radical (unpaired) electrons. The molecule has 0 atom stereocenters. The van der Waals surface area contributed by atoms with Gasteiger partial charge in [0.15, 0.2) is 0 Å². The van der Waals surface area contributed by atoms with Crippen LogP contribution in [-0.4, -0.2) is 32.9 Å². The van der Waals surface area contributed by atoms with Crippen molar-refractivity contribution in [1.82, 2.24) is 15.1 Å². The third-order valence-corrected chi connectivity index (χ3v) is 6.25. The minimum Gasteiger partial charge on any atom is -0.507 e. The molecule has 2 aromatic carbocycles. The van der Waals surface area contributed by atoms with E-state index in [2.05, 4.69) is 15.7 Å². The van der Waals surface area contributed by atoms with Crippen molar-refractivity contribution >= 4 is 29.2 Å². The lowest BCUT2D eigenvalue weighted by molar-refractivity contribution is 0.102. The van der Waals surface area contributed by atoms with Crippen LogP contribution in [0.25, 0.3) is 11.3 Å². The Labute approximate surface area is 190 Å². The molecule has 2 fully saturated rings. The minimum absolute atomic E-state index is 0.0295.